The van der Waals surface area contributed by atoms with Gasteiger partial charge in [0.15, 0.2) is 0 Å². The highest BCUT2D eigenvalue weighted by molar-refractivity contribution is 5.80. The second-order valence-electron chi connectivity index (χ2n) is 6.81. The van der Waals surface area contributed by atoms with Crippen LogP contribution in [-0.2, 0) is 14.3 Å². The van der Waals surface area contributed by atoms with Crippen LogP contribution in [0.5, 0.6) is 0 Å². The number of nitrogens with one attached hydrogen (secondary N) is 1. The molecule has 2 aliphatic heterocycles. The molecule has 0 bridgehead atoms. The number of fused-ring (bicyclic) bond motifs is 1. The highest BCUT2D eigenvalue weighted by Crippen LogP contribution is 2.39. The summed E-state index contributed by atoms with van der Waals surface area (Å²) in [6.45, 7) is 1.51. The normalized spacial score (nSPS) is 35.3. The average molecular weight is 310 g/mol. The highest BCUT2D eigenvalue weighted by atomic mass is 16.5. The fraction of sp³-hybridized carbons (Fsp3) is 0.875. The summed E-state index contributed by atoms with van der Waals surface area (Å²) in [6, 6.07) is -0.232. The quantitative estimate of drug-likeness (QED) is 0.792. The fourth-order valence-corrected chi connectivity index (χ4v) is 4.28. The summed E-state index contributed by atoms with van der Waals surface area (Å²) in [5.74, 6) is -0.421. The van der Waals surface area contributed by atoms with E-state index in [-0.39, 0.29) is 24.6 Å². The van der Waals surface area contributed by atoms with E-state index in [1.807, 2.05) is 4.90 Å². The van der Waals surface area contributed by atoms with Gasteiger partial charge < -0.3 is 15.2 Å². The Bertz CT molecular complexity index is 422. The molecule has 4 atom stereocenters. The summed E-state index contributed by atoms with van der Waals surface area (Å²) in [4.78, 5) is 25.6. The largest absolute Gasteiger partial charge is 0.480 e. The number of hydrogen-bond acceptors (Lipinski definition) is 4. The molecule has 1 aliphatic carbocycles. The van der Waals surface area contributed by atoms with Crippen molar-refractivity contribution in [2.24, 2.45) is 5.92 Å². The zero-order chi connectivity index (χ0) is 15.5. The molecule has 0 aromatic carbocycles. The maximum absolute atomic E-state index is 12.2. The first-order valence-corrected chi connectivity index (χ1v) is 8.52. The van der Waals surface area contributed by atoms with Crippen LogP contribution in [0.2, 0.25) is 0 Å². The van der Waals surface area contributed by atoms with Gasteiger partial charge in [0, 0.05) is 19.2 Å². The van der Waals surface area contributed by atoms with E-state index in [9.17, 15) is 14.7 Å². The molecule has 3 aliphatic rings. The molecule has 22 heavy (non-hydrogen) atoms. The summed E-state index contributed by atoms with van der Waals surface area (Å²) in [5, 5.41) is 12.4. The van der Waals surface area contributed by atoms with E-state index < -0.39 is 12.0 Å². The smallest absolute Gasteiger partial charge is 0.320 e. The van der Waals surface area contributed by atoms with Crippen LogP contribution < -0.4 is 5.32 Å². The number of nitrogens with zero attached hydrogens (tertiary/aromatic N) is 1. The Morgan fingerprint density at radius 3 is 2.73 bits per heavy atom. The van der Waals surface area contributed by atoms with Crippen molar-refractivity contribution in [2.45, 2.75) is 63.1 Å². The number of likely N-dealkylation sites (tertiary alicyclic amines) is 1. The van der Waals surface area contributed by atoms with Gasteiger partial charge in [0.05, 0.1) is 12.6 Å². The van der Waals surface area contributed by atoms with Crippen molar-refractivity contribution in [1.82, 2.24) is 10.2 Å². The first-order valence-electron chi connectivity index (χ1n) is 8.52. The Balaban J connectivity index is 1.55. The van der Waals surface area contributed by atoms with Gasteiger partial charge in [-0.2, -0.15) is 0 Å². The van der Waals surface area contributed by atoms with Gasteiger partial charge in [-0.15, -0.1) is 0 Å². The number of carboxylic acid groups (broad SMARTS) is 1. The molecular formula is C16H26N2O4. The second kappa shape index (κ2) is 6.96. The molecular weight excluding hydrogens is 284 g/mol. The fourth-order valence-electron chi connectivity index (χ4n) is 4.28. The van der Waals surface area contributed by atoms with Gasteiger partial charge in [-0.05, 0) is 38.0 Å². The van der Waals surface area contributed by atoms with Crippen LogP contribution in [0.1, 0.15) is 44.9 Å². The van der Waals surface area contributed by atoms with Gasteiger partial charge in [-0.1, -0.05) is 12.8 Å². The summed E-state index contributed by atoms with van der Waals surface area (Å²) in [7, 11) is 0. The molecule has 2 N–H and O–H groups in total. The minimum absolute atomic E-state index is 0.0760. The maximum Gasteiger partial charge on any atom is 0.320 e. The SMILES string of the molecule is O=C(CN1C(C(=O)O)CC2CCCCC21)NCC1CCCO1. The first-order chi connectivity index (χ1) is 10.6. The average Bonchev–Trinajstić information content (AvgIpc) is 3.13. The van der Waals surface area contributed by atoms with Crippen LogP contribution in [0.3, 0.4) is 0 Å². The van der Waals surface area contributed by atoms with E-state index >= 15 is 0 Å². The first kappa shape index (κ1) is 15.7. The molecule has 0 spiro atoms. The zero-order valence-corrected chi connectivity index (χ0v) is 13.0. The van der Waals surface area contributed by atoms with E-state index in [0.29, 0.717) is 18.9 Å². The number of aliphatic carboxylic acids is 1. The Labute approximate surface area is 131 Å². The number of carboxylic acids is 1. The van der Waals surface area contributed by atoms with E-state index in [1.54, 1.807) is 0 Å². The number of amides is 1. The number of carbonyl (C=O) groups is 2. The number of rotatable bonds is 5. The Hall–Kier alpha value is -1.14. The van der Waals surface area contributed by atoms with Gasteiger partial charge in [0.1, 0.15) is 6.04 Å². The van der Waals surface area contributed by atoms with Crippen molar-refractivity contribution in [3.63, 3.8) is 0 Å². The van der Waals surface area contributed by atoms with Crippen molar-refractivity contribution >= 4 is 11.9 Å². The zero-order valence-electron chi connectivity index (χ0n) is 13.0. The Morgan fingerprint density at radius 2 is 2.00 bits per heavy atom. The molecule has 124 valence electrons. The van der Waals surface area contributed by atoms with Crippen LogP contribution in [0.4, 0.5) is 0 Å². The van der Waals surface area contributed by atoms with Crippen LogP contribution in [0, 0.1) is 5.92 Å². The molecule has 3 fully saturated rings. The third-order valence-electron chi connectivity index (χ3n) is 5.38. The summed E-state index contributed by atoms with van der Waals surface area (Å²) in [5.41, 5.74) is 0. The second-order valence-corrected chi connectivity index (χ2v) is 6.81. The lowest BCUT2D eigenvalue weighted by Gasteiger charge is -2.32. The minimum atomic E-state index is -0.790. The highest BCUT2D eigenvalue weighted by Gasteiger charge is 2.45. The minimum Gasteiger partial charge on any atom is -0.480 e. The van der Waals surface area contributed by atoms with Gasteiger partial charge in [-0.3, -0.25) is 14.5 Å². The van der Waals surface area contributed by atoms with E-state index in [2.05, 4.69) is 5.32 Å². The lowest BCUT2D eigenvalue weighted by atomic mass is 9.85. The molecule has 1 saturated carbocycles. The summed E-state index contributed by atoms with van der Waals surface area (Å²) >= 11 is 0. The van der Waals surface area contributed by atoms with Gasteiger partial charge >= 0.3 is 5.97 Å². The molecule has 3 rings (SSSR count). The monoisotopic (exact) mass is 310 g/mol. The lowest BCUT2D eigenvalue weighted by molar-refractivity contribution is -0.143. The predicted molar refractivity (Wildman–Crippen MR) is 80.5 cm³/mol. The van der Waals surface area contributed by atoms with Crippen molar-refractivity contribution in [3.8, 4) is 0 Å². The molecule has 1 amide bonds. The molecule has 6 heteroatoms. The standard InChI is InChI=1S/C16H26N2O4/c19-15(17-9-12-5-3-7-22-12)10-18-13-6-2-1-4-11(13)8-14(18)16(20)21/h11-14H,1-10H2,(H,17,19)(H,20,21). The predicted octanol–water partition coefficient (Wildman–Crippen LogP) is 0.999. The van der Waals surface area contributed by atoms with Crippen molar-refractivity contribution < 1.29 is 19.4 Å². The third-order valence-corrected chi connectivity index (χ3v) is 5.38. The summed E-state index contributed by atoms with van der Waals surface area (Å²) in [6.07, 6.45) is 7.31. The molecule has 2 saturated heterocycles. The Kier molecular flexibility index (Phi) is 4.98. The molecule has 6 nitrogen and oxygen atoms in total. The van der Waals surface area contributed by atoms with Crippen molar-refractivity contribution in [3.05, 3.63) is 0 Å². The van der Waals surface area contributed by atoms with E-state index in [1.165, 1.54) is 6.42 Å². The molecule has 0 aromatic rings. The van der Waals surface area contributed by atoms with Crippen LogP contribution in [0.25, 0.3) is 0 Å². The molecule has 2 heterocycles. The van der Waals surface area contributed by atoms with E-state index in [0.717, 1.165) is 38.7 Å². The lowest BCUT2D eigenvalue weighted by Crippen LogP contribution is -2.48. The van der Waals surface area contributed by atoms with Crippen molar-refractivity contribution in [2.75, 3.05) is 19.7 Å². The number of hydrogen-bond donors (Lipinski definition) is 2. The van der Waals surface area contributed by atoms with Crippen LogP contribution in [-0.4, -0.2) is 59.8 Å². The molecule has 0 radical (unpaired) electrons. The van der Waals surface area contributed by atoms with Gasteiger partial charge in [0.2, 0.25) is 5.91 Å². The molecule has 4 unspecified atom stereocenters. The number of ether oxygens (including phenoxy) is 1. The third kappa shape index (κ3) is 3.43. The van der Waals surface area contributed by atoms with E-state index in [4.69, 9.17) is 4.74 Å². The van der Waals surface area contributed by atoms with Gasteiger partial charge in [-0.25, -0.2) is 0 Å². The molecule has 0 aromatic heterocycles. The summed E-state index contributed by atoms with van der Waals surface area (Å²) < 4.78 is 5.50. The number of carbonyl (C=O) groups excluding carboxylic acids is 1. The van der Waals surface area contributed by atoms with Gasteiger partial charge in [0.25, 0.3) is 0 Å². The topological polar surface area (TPSA) is 78.9 Å². The van der Waals surface area contributed by atoms with Crippen molar-refractivity contribution in [1.29, 1.82) is 0 Å². The maximum atomic E-state index is 12.2. The van der Waals surface area contributed by atoms with Crippen LogP contribution in [0.15, 0.2) is 0 Å². The Morgan fingerprint density at radius 1 is 1.18 bits per heavy atom. The van der Waals surface area contributed by atoms with Crippen LogP contribution >= 0.6 is 0 Å².